The first-order chi connectivity index (χ1) is 19.1. The Bertz CT molecular complexity index is 1430. The van der Waals surface area contributed by atoms with Crippen molar-refractivity contribution < 1.29 is 32.6 Å². The zero-order valence-electron chi connectivity index (χ0n) is 21.9. The maximum absolute atomic E-state index is 16.1. The largest absolute Gasteiger partial charge is 0.504 e. The molecule has 1 fully saturated rings. The number of likely N-dealkylation sites (tertiary alicyclic amines) is 1. The molecule has 2 unspecified atom stereocenters. The number of aromatic hydroxyl groups is 1. The van der Waals surface area contributed by atoms with Crippen molar-refractivity contribution in [3.05, 3.63) is 65.4 Å². The van der Waals surface area contributed by atoms with Crippen LogP contribution < -0.4 is 11.1 Å². The molecular weight excluding hydrogens is 529 g/mol. The summed E-state index contributed by atoms with van der Waals surface area (Å²) >= 11 is 0. The summed E-state index contributed by atoms with van der Waals surface area (Å²) in [6.07, 6.45) is 0.392. The number of hydrogen-bond donors (Lipinski definition) is 3. The Kier molecular flexibility index (Phi) is 8.43. The summed E-state index contributed by atoms with van der Waals surface area (Å²) in [4.78, 5) is 29.2. The SMILES string of the molecule is CN=CCC1(n2cc(C(N)=O)c(NC(=O)OC)n2)CCN(Cc2c(F)cc(-c3ccccc3)c(O)c2F)CC1F. The number of nitrogens with two attached hydrogens (primary N) is 1. The number of methoxy groups -OCH3 is 1. The molecule has 2 heterocycles. The maximum Gasteiger partial charge on any atom is 0.412 e. The molecule has 40 heavy (non-hydrogen) atoms. The standard InChI is InChI=1S/C27H29F3N6O4/c1-32-10-8-27(36-14-19(24(31)38)25(34-36)33-26(39)40-2)9-11-35(15-21(27)29)13-18-20(28)12-17(23(37)22(18)30)16-6-4-3-5-7-16/h3-7,10,12,14,21,37H,8-9,11,13,15H2,1-2H3,(H2,31,38)(H,33,34,39). The molecule has 1 aliphatic rings. The molecule has 3 aromatic rings. The van der Waals surface area contributed by atoms with Crippen LogP contribution in [0.4, 0.5) is 23.8 Å². The highest BCUT2D eigenvalue weighted by molar-refractivity contribution is 6.00. The van der Waals surface area contributed by atoms with Gasteiger partial charge in [0.15, 0.2) is 17.4 Å². The molecular formula is C27H29F3N6O4. The number of nitrogens with zero attached hydrogens (tertiary/aromatic N) is 4. The van der Waals surface area contributed by atoms with Crippen LogP contribution in [0.25, 0.3) is 11.1 Å². The van der Waals surface area contributed by atoms with Gasteiger partial charge in [-0.3, -0.25) is 19.7 Å². The minimum atomic E-state index is -1.64. The third kappa shape index (κ3) is 5.50. The predicted octanol–water partition coefficient (Wildman–Crippen LogP) is 3.84. The van der Waals surface area contributed by atoms with Crippen molar-refractivity contribution in [3.63, 3.8) is 0 Å². The number of amides is 2. The molecule has 1 aliphatic heterocycles. The summed E-state index contributed by atoms with van der Waals surface area (Å²) in [7, 11) is 2.65. The minimum absolute atomic E-state index is 0.0135. The number of aliphatic imine (C=N–C) groups is 1. The molecule has 13 heteroatoms. The first-order valence-corrected chi connectivity index (χ1v) is 12.4. The second-order valence-corrected chi connectivity index (χ2v) is 9.43. The normalized spacial score (nSPS) is 19.6. The van der Waals surface area contributed by atoms with Crippen molar-refractivity contribution in [2.24, 2.45) is 10.7 Å². The van der Waals surface area contributed by atoms with E-state index in [1.165, 1.54) is 29.0 Å². The predicted molar refractivity (Wildman–Crippen MR) is 142 cm³/mol. The fourth-order valence-electron chi connectivity index (χ4n) is 4.85. The highest BCUT2D eigenvalue weighted by atomic mass is 19.1. The van der Waals surface area contributed by atoms with Crippen LogP contribution in [-0.2, 0) is 16.8 Å². The third-order valence-electron chi connectivity index (χ3n) is 7.09. The van der Waals surface area contributed by atoms with Gasteiger partial charge < -0.3 is 20.6 Å². The van der Waals surface area contributed by atoms with Crippen molar-refractivity contribution >= 4 is 24.0 Å². The van der Waals surface area contributed by atoms with Gasteiger partial charge in [-0.15, -0.1) is 0 Å². The fourth-order valence-corrected chi connectivity index (χ4v) is 4.85. The summed E-state index contributed by atoms with van der Waals surface area (Å²) in [6.45, 7) is -0.355. The number of aromatic nitrogens is 2. The molecule has 2 aromatic carbocycles. The lowest BCUT2D eigenvalue weighted by atomic mass is 9.83. The highest BCUT2D eigenvalue weighted by Gasteiger charge is 2.46. The molecule has 2 amide bonds. The zero-order valence-corrected chi connectivity index (χ0v) is 21.9. The average Bonchev–Trinajstić information content (AvgIpc) is 3.37. The van der Waals surface area contributed by atoms with Crippen LogP contribution >= 0.6 is 0 Å². The number of ether oxygens (including phenoxy) is 1. The third-order valence-corrected chi connectivity index (χ3v) is 7.09. The molecule has 4 N–H and O–H groups in total. The number of alkyl halides is 1. The number of nitrogens with one attached hydrogen (secondary N) is 1. The van der Waals surface area contributed by atoms with E-state index in [-0.39, 0.29) is 55.0 Å². The van der Waals surface area contributed by atoms with Gasteiger partial charge in [0.25, 0.3) is 5.91 Å². The van der Waals surface area contributed by atoms with E-state index in [4.69, 9.17) is 5.73 Å². The van der Waals surface area contributed by atoms with Crippen molar-refractivity contribution in [3.8, 4) is 16.9 Å². The summed E-state index contributed by atoms with van der Waals surface area (Å²) in [5, 5.41) is 17.0. The number of benzene rings is 2. The van der Waals surface area contributed by atoms with Gasteiger partial charge in [-0.1, -0.05) is 30.3 Å². The number of phenols is 1. The van der Waals surface area contributed by atoms with Gasteiger partial charge >= 0.3 is 6.09 Å². The lowest BCUT2D eigenvalue weighted by Gasteiger charge is -2.44. The maximum atomic E-state index is 16.1. The fraction of sp³-hybridized carbons (Fsp3) is 0.333. The number of phenolic OH excluding ortho intramolecular Hbond substituents is 1. The van der Waals surface area contributed by atoms with E-state index < -0.39 is 41.1 Å². The summed E-state index contributed by atoms with van der Waals surface area (Å²) < 4.78 is 52.1. The van der Waals surface area contributed by atoms with Crippen molar-refractivity contribution in [1.82, 2.24) is 14.7 Å². The number of halogens is 3. The quantitative estimate of drug-likeness (QED) is 0.360. The van der Waals surface area contributed by atoms with Crippen LogP contribution in [0.1, 0.15) is 28.8 Å². The van der Waals surface area contributed by atoms with Gasteiger partial charge in [0.1, 0.15) is 23.1 Å². The number of carbonyl (C=O) groups is 2. The van der Waals surface area contributed by atoms with E-state index in [9.17, 15) is 14.7 Å². The van der Waals surface area contributed by atoms with Crippen molar-refractivity contribution in [2.75, 3.05) is 32.6 Å². The first-order valence-electron chi connectivity index (χ1n) is 12.4. The molecule has 4 rings (SSSR count). The summed E-state index contributed by atoms with van der Waals surface area (Å²) in [5.41, 5.74) is 4.04. The number of anilines is 1. The Hall–Kier alpha value is -4.39. The number of hydrogen-bond acceptors (Lipinski definition) is 7. The van der Waals surface area contributed by atoms with Gasteiger partial charge in [-0.2, -0.15) is 5.10 Å². The first kappa shape index (κ1) is 28.6. The van der Waals surface area contributed by atoms with Crippen molar-refractivity contribution in [2.45, 2.75) is 31.1 Å². The molecule has 0 aliphatic carbocycles. The molecule has 212 valence electrons. The van der Waals surface area contributed by atoms with Gasteiger partial charge in [0.2, 0.25) is 0 Å². The molecule has 2 atom stereocenters. The Morgan fingerprint density at radius 3 is 2.67 bits per heavy atom. The van der Waals surface area contributed by atoms with Gasteiger partial charge in [0, 0.05) is 56.6 Å². The molecule has 0 spiro atoms. The van der Waals surface area contributed by atoms with Crippen LogP contribution in [-0.4, -0.2) is 71.4 Å². The van der Waals surface area contributed by atoms with Crippen LogP contribution in [0.5, 0.6) is 5.75 Å². The van der Waals surface area contributed by atoms with Gasteiger partial charge in [-0.05, 0) is 18.1 Å². The number of rotatable bonds is 8. The van der Waals surface area contributed by atoms with Crippen LogP contribution in [0, 0.1) is 11.6 Å². The van der Waals surface area contributed by atoms with E-state index in [2.05, 4.69) is 20.1 Å². The topological polar surface area (TPSA) is 135 Å². The van der Waals surface area contributed by atoms with Crippen LogP contribution in [0.2, 0.25) is 0 Å². The Morgan fingerprint density at radius 1 is 1.32 bits per heavy atom. The molecule has 1 aromatic heterocycles. The molecule has 1 saturated heterocycles. The second kappa shape index (κ2) is 11.8. The molecule has 0 bridgehead atoms. The van der Waals surface area contributed by atoms with E-state index >= 15 is 13.2 Å². The number of primary amides is 1. The Morgan fingerprint density at radius 2 is 2.05 bits per heavy atom. The molecule has 0 radical (unpaired) electrons. The van der Waals surface area contributed by atoms with Gasteiger partial charge in [0.05, 0.1) is 7.11 Å². The minimum Gasteiger partial charge on any atom is -0.504 e. The van der Waals surface area contributed by atoms with Gasteiger partial charge in [-0.25, -0.2) is 18.0 Å². The van der Waals surface area contributed by atoms with E-state index in [1.54, 1.807) is 30.3 Å². The van der Waals surface area contributed by atoms with E-state index in [1.807, 2.05) is 0 Å². The second-order valence-electron chi connectivity index (χ2n) is 9.43. The lowest BCUT2D eigenvalue weighted by molar-refractivity contribution is 0.00847. The smallest absolute Gasteiger partial charge is 0.412 e. The van der Waals surface area contributed by atoms with E-state index in [0.717, 1.165) is 13.2 Å². The molecule has 10 nitrogen and oxygen atoms in total. The molecule has 0 saturated carbocycles. The number of piperidine rings is 1. The van der Waals surface area contributed by atoms with Crippen molar-refractivity contribution in [1.29, 1.82) is 0 Å². The zero-order chi connectivity index (χ0) is 29.0. The Balaban J connectivity index is 1.62. The van der Waals surface area contributed by atoms with Crippen LogP contribution in [0.15, 0.2) is 47.6 Å². The number of carbonyl (C=O) groups excluding carboxylic acids is 2. The summed E-state index contributed by atoms with van der Waals surface area (Å²) in [5.74, 6) is -3.75. The summed E-state index contributed by atoms with van der Waals surface area (Å²) in [6, 6.07) is 9.42. The lowest BCUT2D eigenvalue weighted by Crippen LogP contribution is -2.55. The highest BCUT2D eigenvalue weighted by Crippen LogP contribution is 2.39. The monoisotopic (exact) mass is 558 g/mol. The Labute approximate surface area is 228 Å². The van der Waals surface area contributed by atoms with E-state index in [0.29, 0.717) is 5.56 Å². The van der Waals surface area contributed by atoms with Crippen LogP contribution in [0.3, 0.4) is 0 Å². The average molecular weight is 559 g/mol.